The number of fused-ring (bicyclic) bond motifs is 2. The second-order valence-corrected chi connectivity index (χ2v) is 10.4. The van der Waals surface area contributed by atoms with Crippen molar-refractivity contribution in [3.05, 3.63) is 69.8 Å². The Morgan fingerprint density at radius 1 is 1.03 bits per heavy atom. The van der Waals surface area contributed by atoms with Gasteiger partial charge in [-0.05, 0) is 59.2 Å². The zero-order valence-corrected chi connectivity index (χ0v) is 20.8. The molecule has 36 heavy (non-hydrogen) atoms. The van der Waals surface area contributed by atoms with Crippen molar-refractivity contribution in [2.45, 2.75) is 58.8 Å². The second-order valence-electron chi connectivity index (χ2n) is 10.4. The van der Waals surface area contributed by atoms with E-state index in [9.17, 15) is 19.2 Å². The van der Waals surface area contributed by atoms with Crippen molar-refractivity contribution in [3.63, 3.8) is 0 Å². The van der Waals surface area contributed by atoms with Crippen LogP contribution in [0.1, 0.15) is 69.7 Å². The maximum absolute atomic E-state index is 12.9. The minimum absolute atomic E-state index is 0.125. The molecule has 1 fully saturated rings. The van der Waals surface area contributed by atoms with Crippen LogP contribution < -0.4 is 10.6 Å². The number of piperidine rings is 1. The zero-order valence-electron chi connectivity index (χ0n) is 20.8. The number of benzene rings is 2. The Morgan fingerprint density at radius 3 is 2.64 bits per heavy atom. The number of rotatable bonds is 6. The van der Waals surface area contributed by atoms with Crippen LogP contribution >= 0.6 is 0 Å². The van der Waals surface area contributed by atoms with E-state index in [1.165, 1.54) is 16.0 Å². The Morgan fingerprint density at radius 2 is 1.86 bits per heavy atom. The van der Waals surface area contributed by atoms with Gasteiger partial charge in [0.25, 0.3) is 11.8 Å². The lowest BCUT2D eigenvalue weighted by atomic mass is 9.96. The van der Waals surface area contributed by atoms with Crippen LogP contribution in [0.25, 0.3) is 0 Å². The monoisotopic (exact) mass is 488 g/mol. The SMILES string of the molecule is CC(C)CN1CCc2ccc(C(=O)NCc3ccc4c(c3)CN(C3CCC(=O)NC3=O)C4=O)cc2C1. The van der Waals surface area contributed by atoms with E-state index in [2.05, 4.69) is 35.4 Å². The zero-order chi connectivity index (χ0) is 25.4. The summed E-state index contributed by atoms with van der Waals surface area (Å²) in [4.78, 5) is 53.5. The highest BCUT2D eigenvalue weighted by atomic mass is 16.2. The van der Waals surface area contributed by atoms with Crippen LogP contribution in [0.5, 0.6) is 0 Å². The number of carbonyl (C=O) groups is 4. The predicted molar refractivity (Wildman–Crippen MR) is 134 cm³/mol. The minimum atomic E-state index is -0.633. The molecule has 1 atom stereocenters. The van der Waals surface area contributed by atoms with Crippen LogP contribution in [0.2, 0.25) is 0 Å². The van der Waals surface area contributed by atoms with Gasteiger partial charge in [-0.3, -0.25) is 29.4 Å². The minimum Gasteiger partial charge on any atom is -0.348 e. The summed E-state index contributed by atoms with van der Waals surface area (Å²) in [5.74, 6) is -0.435. The van der Waals surface area contributed by atoms with Crippen molar-refractivity contribution in [3.8, 4) is 0 Å². The van der Waals surface area contributed by atoms with Gasteiger partial charge in [0.05, 0.1) is 0 Å². The molecule has 188 valence electrons. The molecule has 2 aromatic carbocycles. The molecule has 0 bridgehead atoms. The summed E-state index contributed by atoms with van der Waals surface area (Å²) in [7, 11) is 0. The van der Waals surface area contributed by atoms with E-state index < -0.39 is 11.9 Å². The fraction of sp³-hybridized carbons (Fsp3) is 0.429. The lowest BCUT2D eigenvalue weighted by molar-refractivity contribution is -0.136. The molecule has 4 amide bonds. The first-order valence-corrected chi connectivity index (χ1v) is 12.7. The summed E-state index contributed by atoms with van der Waals surface area (Å²) >= 11 is 0. The van der Waals surface area contributed by atoms with E-state index in [1.807, 2.05) is 24.3 Å². The smallest absolute Gasteiger partial charge is 0.255 e. The van der Waals surface area contributed by atoms with E-state index in [0.29, 0.717) is 36.6 Å². The van der Waals surface area contributed by atoms with Gasteiger partial charge in [-0.1, -0.05) is 32.0 Å². The van der Waals surface area contributed by atoms with Crippen molar-refractivity contribution in [1.82, 2.24) is 20.4 Å². The van der Waals surface area contributed by atoms with Crippen LogP contribution in [0, 0.1) is 5.92 Å². The Balaban J connectivity index is 1.22. The molecule has 1 saturated heterocycles. The summed E-state index contributed by atoms with van der Waals surface area (Å²) < 4.78 is 0. The normalized spacial score (nSPS) is 19.8. The number of imide groups is 1. The molecular formula is C28H32N4O4. The van der Waals surface area contributed by atoms with Crippen molar-refractivity contribution >= 4 is 23.6 Å². The van der Waals surface area contributed by atoms with Crippen LogP contribution in [-0.2, 0) is 35.6 Å². The number of nitrogens with zero attached hydrogens (tertiary/aromatic N) is 2. The quantitative estimate of drug-likeness (QED) is 0.609. The van der Waals surface area contributed by atoms with Gasteiger partial charge >= 0.3 is 0 Å². The van der Waals surface area contributed by atoms with Crippen molar-refractivity contribution < 1.29 is 19.2 Å². The first-order valence-electron chi connectivity index (χ1n) is 12.7. The number of hydrogen-bond donors (Lipinski definition) is 2. The van der Waals surface area contributed by atoms with E-state index in [-0.39, 0.29) is 24.1 Å². The van der Waals surface area contributed by atoms with Gasteiger partial charge in [-0.2, -0.15) is 0 Å². The fourth-order valence-corrected chi connectivity index (χ4v) is 5.45. The standard InChI is InChI=1S/C28H32N4O4/c1-17(2)14-31-10-9-19-4-5-20(12-21(19)15-31)26(34)29-13-18-3-6-23-22(11-18)16-32(28(23)36)24-7-8-25(33)30-27(24)35/h3-6,11-12,17,24H,7-10,13-16H2,1-2H3,(H,29,34)(H,30,33,35). The average molecular weight is 489 g/mol. The van der Waals surface area contributed by atoms with Gasteiger partial charge in [0, 0.05) is 50.3 Å². The molecule has 3 aliphatic heterocycles. The Hall–Kier alpha value is -3.52. The van der Waals surface area contributed by atoms with Crippen LogP contribution in [0.4, 0.5) is 0 Å². The van der Waals surface area contributed by atoms with E-state index in [1.54, 1.807) is 6.07 Å². The Kier molecular flexibility index (Phi) is 6.62. The maximum Gasteiger partial charge on any atom is 0.255 e. The largest absolute Gasteiger partial charge is 0.348 e. The topological polar surface area (TPSA) is 98.8 Å². The number of hydrogen-bond acceptors (Lipinski definition) is 5. The molecule has 0 radical (unpaired) electrons. The molecule has 5 rings (SSSR count). The van der Waals surface area contributed by atoms with Gasteiger partial charge < -0.3 is 10.2 Å². The summed E-state index contributed by atoms with van der Waals surface area (Å²) in [6.45, 7) is 8.09. The van der Waals surface area contributed by atoms with Crippen molar-refractivity contribution in [2.75, 3.05) is 13.1 Å². The highest BCUT2D eigenvalue weighted by molar-refractivity contribution is 6.05. The average Bonchev–Trinajstić information content (AvgIpc) is 3.17. The Labute approximate surface area is 211 Å². The molecule has 0 spiro atoms. The van der Waals surface area contributed by atoms with E-state index in [4.69, 9.17) is 0 Å². The molecule has 0 aromatic heterocycles. The van der Waals surface area contributed by atoms with Crippen LogP contribution in [0.15, 0.2) is 36.4 Å². The second kappa shape index (κ2) is 9.85. The molecule has 8 nitrogen and oxygen atoms in total. The summed E-state index contributed by atoms with van der Waals surface area (Å²) in [6.07, 6.45) is 1.57. The first-order chi connectivity index (χ1) is 17.3. The van der Waals surface area contributed by atoms with Crippen molar-refractivity contribution in [2.24, 2.45) is 5.92 Å². The van der Waals surface area contributed by atoms with Gasteiger partial charge in [0.15, 0.2) is 0 Å². The third kappa shape index (κ3) is 4.91. The van der Waals surface area contributed by atoms with Gasteiger partial charge in [-0.15, -0.1) is 0 Å². The predicted octanol–water partition coefficient (Wildman–Crippen LogP) is 2.39. The van der Waals surface area contributed by atoms with Crippen LogP contribution in [0.3, 0.4) is 0 Å². The number of nitrogens with one attached hydrogen (secondary N) is 2. The summed E-state index contributed by atoms with van der Waals surface area (Å²) in [5.41, 5.74) is 5.47. The molecule has 3 heterocycles. The fourth-order valence-electron chi connectivity index (χ4n) is 5.45. The van der Waals surface area contributed by atoms with Crippen molar-refractivity contribution in [1.29, 1.82) is 0 Å². The molecule has 1 unspecified atom stereocenters. The van der Waals surface area contributed by atoms with Gasteiger partial charge in [0.2, 0.25) is 11.8 Å². The van der Waals surface area contributed by atoms with Gasteiger partial charge in [-0.25, -0.2) is 0 Å². The molecule has 0 aliphatic carbocycles. The third-order valence-electron chi connectivity index (χ3n) is 7.22. The molecule has 3 aliphatic rings. The highest BCUT2D eigenvalue weighted by Gasteiger charge is 2.39. The van der Waals surface area contributed by atoms with Gasteiger partial charge in [0.1, 0.15) is 6.04 Å². The van der Waals surface area contributed by atoms with E-state index >= 15 is 0 Å². The maximum atomic E-state index is 12.9. The number of amides is 4. The van der Waals surface area contributed by atoms with E-state index in [0.717, 1.165) is 37.2 Å². The summed E-state index contributed by atoms with van der Waals surface area (Å²) in [5, 5.41) is 5.32. The molecular weight excluding hydrogens is 456 g/mol. The summed E-state index contributed by atoms with van der Waals surface area (Å²) in [6, 6.07) is 10.8. The first kappa shape index (κ1) is 24.2. The molecule has 2 N–H and O–H groups in total. The van der Waals surface area contributed by atoms with Crippen LogP contribution in [-0.4, -0.2) is 52.6 Å². The Bertz CT molecular complexity index is 1240. The number of carbonyl (C=O) groups excluding carboxylic acids is 4. The lowest BCUT2D eigenvalue weighted by Gasteiger charge is -2.30. The molecule has 0 saturated carbocycles. The highest BCUT2D eigenvalue weighted by Crippen LogP contribution is 2.28. The molecule has 8 heteroatoms. The lowest BCUT2D eigenvalue weighted by Crippen LogP contribution is -2.52. The molecule has 2 aromatic rings. The third-order valence-corrected chi connectivity index (χ3v) is 7.22.